The second-order valence-electron chi connectivity index (χ2n) is 8.66. The Hall–Kier alpha value is -3.00. The summed E-state index contributed by atoms with van der Waals surface area (Å²) >= 11 is 0. The molecule has 3 aromatic rings. The van der Waals surface area contributed by atoms with Crippen LogP contribution in [-0.4, -0.2) is 61.4 Å². The smallest absolute Gasteiger partial charge is 0.296 e. The second kappa shape index (κ2) is 8.63. The summed E-state index contributed by atoms with van der Waals surface area (Å²) in [6, 6.07) is 9.73. The fourth-order valence-electron chi connectivity index (χ4n) is 4.69. The van der Waals surface area contributed by atoms with Crippen LogP contribution in [0.2, 0.25) is 0 Å². The van der Waals surface area contributed by atoms with Crippen molar-refractivity contribution in [3.63, 3.8) is 0 Å². The van der Waals surface area contributed by atoms with Crippen molar-refractivity contribution in [2.24, 2.45) is 5.92 Å². The summed E-state index contributed by atoms with van der Waals surface area (Å²) in [5.74, 6) is 0.866. The molecule has 5 rings (SSSR count). The van der Waals surface area contributed by atoms with Crippen LogP contribution in [-0.2, 0) is 11.5 Å². The maximum absolute atomic E-state index is 12.9. The molecular weight excluding hydrogens is 392 g/mol. The van der Waals surface area contributed by atoms with Gasteiger partial charge in [0.2, 0.25) is 5.91 Å². The van der Waals surface area contributed by atoms with E-state index in [9.17, 15) is 9.59 Å². The first-order valence-electron chi connectivity index (χ1n) is 11.2. The molecule has 0 N–H and O–H groups in total. The number of para-hydroxylation sites is 1. The monoisotopic (exact) mass is 420 g/mol. The summed E-state index contributed by atoms with van der Waals surface area (Å²) in [6.45, 7) is 3.34. The minimum Gasteiger partial charge on any atom is -0.340 e. The minimum absolute atomic E-state index is 0.188. The van der Waals surface area contributed by atoms with Crippen LogP contribution in [0.4, 0.5) is 0 Å². The first-order chi connectivity index (χ1) is 15.2. The number of carbonyl (C=O) groups is 1. The van der Waals surface area contributed by atoms with Gasteiger partial charge in [-0.25, -0.2) is 9.36 Å². The Bertz CT molecular complexity index is 1110. The number of fused-ring (bicyclic) bond motifs is 1. The molecule has 1 saturated carbocycles. The van der Waals surface area contributed by atoms with Crippen molar-refractivity contribution in [1.29, 1.82) is 0 Å². The van der Waals surface area contributed by atoms with Crippen LogP contribution in [0, 0.1) is 5.92 Å². The Kier molecular flexibility index (Phi) is 5.55. The molecule has 8 heteroatoms. The molecule has 1 aliphatic heterocycles. The van der Waals surface area contributed by atoms with Gasteiger partial charge >= 0.3 is 0 Å². The van der Waals surface area contributed by atoms with Crippen molar-refractivity contribution >= 4 is 16.8 Å². The van der Waals surface area contributed by atoms with Crippen LogP contribution in [0.3, 0.4) is 0 Å². The third kappa shape index (κ3) is 4.25. The van der Waals surface area contributed by atoms with Gasteiger partial charge in [-0.1, -0.05) is 31.0 Å². The molecule has 1 saturated heterocycles. The van der Waals surface area contributed by atoms with Crippen LogP contribution in [0.25, 0.3) is 16.6 Å². The summed E-state index contributed by atoms with van der Waals surface area (Å²) in [5, 5.41) is 9.58. The lowest BCUT2D eigenvalue weighted by molar-refractivity contribution is -0.134. The predicted molar refractivity (Wildman–Crippen MR) is 118 cm³/mol. The Morgan fingerprint density at radius 1 is 1.03 bits per heavy atom. The van der Waals surface area contributed by atoms with Gasteiger partial charge in [0.25, 0.3) is 5.56 Å². The van der Waals surface area contributed by atoms with Crippen LogP contribution < -0.4 is 5.56 Å². The molecule has 31 heavy (non-hydrogen) atoms. The van der Waals surface area contributed by atoms with Crippen molar-refractivity contribution in [3.05, 3.63) is 53.1 Å². The van der Waals surface area contributed by atoms with Crippen molar-refractivity contribution in [3.8, 4) is 5.69 Å². The number of benzene rings is 1. The number of aromatic nitrogens is 4. The molecule has 0 bridgehead atoms. The van der Waals surface area contributed by atoms with Crippen LogP contribution in [0.5, 0.6) is 0 Å². The Morgan fingerprint density at radius 3 is 2.52 bits per heavy atom. The fraction of sp³-hybridized carbons (Fsp3) is 0.478. The first-order valence-corrected chi connectivity index (χ1v) is 11.2. The largest absolute Gasteiger partial charge is 0.340 e. The van der Waals surface area contributed by atoms with E-state index in [4.69, 9.17) is 0 Å². The molecule has 2 aromatic heterocycles. The first kappa shape index (κ1) is 19.9. The van der Waals surface area contributed by atoms with E-state index in [0.29, 0.717) is 37.6 Å². The maximum atomic E-state index is 12.9. The van der Waals surface area contributed by atoms with Gasteiger partial charge in [0.05, 0.1) is 18.6 Å². The number of rotatable bonds is 5. The van der Waals surface area contributed by atoms with Gasteiger partial charge in [-0.15, -0.1) is 0 Å². The molecular formula is C23H28N6O2. The summed E-state index contributed by atoms with van der Waals surface area (Å²) in [7, 11) is 0. The molecule has 1 amide bonds. The summed E-state index contributed by atoms with van der Waals surface area (Å²) in [6.07, 6.45) is 9.15. The summed E-state index contributed by atoms with van der Waals surface area (Å²) in [4.78, 5) is 29.7. The van der Waals surface area contributed by atoms with E-state index in [2.05, 4.69) is 15.1 Å². The highest BCUT2D eigenvalue weighted by atomic mass is 16.2. The number of piperazine rings is 1. The van der Waals surface area contributed by atoms with Gasteiger partial charge < -0.3 is 4.90 Å². The van der Waals surface area contributed by atoms with E-state index in [-0.39, 0.29) is 11.5 Å². The van der Waals surface area contributed by atoms with Gasteiger partial charge in [-0.05, 0) is 30.9 Å². The van der Waals surface area contributed by atoms with Gasteiger partial charge in [0.1, 0.15) is 0 Å². The predicted octanol–water partition coefficient (Wildman–Crippen LogP) is 2.26. The van der Waals surface area contributed by atoms with Crippen molar-refractivity contribution in [2.45, 2.75) is 38.8 Å². The van der Waals surface area contributed by atoms with Crippen LogP contribution in [0.1, 0.15) is 32.1 Å². The van der Waals surface area contributed by atoms with Gasteiger partial charge in [-0.3, -0.25) is 14.5 Å². The third-order valence-electron chi connectivity index (χ3n) is 6.53. The SMILES string of the molecule is O=C(CC1CCCC1)N1CCN(Cn2ncc3cn(-c4ccccc4)nc3c2=O)CC1. The highest BCUT2D eigenvalue weighted by Gasteiger charge is 2.25. The lowest BCUT2D eigenvalue weighted by atomic mass is 10.0. The molecule has 2 aliphatic rings. The minimum atomic E-state index is -0.188. The third-order valence-corrected chi connectivity index (χ3v) is 6.53. The molecule has 0 atom stereocenters. The highest BCUT2D eigenvalue weighted by Crippen LogP contribution is 2.28. The summed E-state index contributed by atoms with van der Waals surface area (Å²) in [5.41, 5.74) is 1.14. The zero-order valence-corrected chi connectivity index (χ0v) is 17.7. The second-order valence-corrected chi connectivity index (χ2v) is 8.66. The average molecular weight is 421 g/mol. The molecule has 162 valence electrons. The van der Waals surface area contributed by atoms with E-state index in [0.717, 1.165) is 24.2 Å². The normalized spacial score (nSPS) is 18.1. The van der Waals surface area contributed by atoms with E-state index >= 15 is 0 Å². The van der Waals surface area contributed by atoms with Crippen molar-refractivity contribution in [1.82, 2.24) is 29.4 Å². The lowest BCUT2D eigenvalue weighted by Gasteiger charge is -2.35. The molecule has 1 aliphatic carbocycles. The van der Waals surface area contributed by atoms with Crippen molar-refractivity contribution < 1.29 is 4.79 Å². The molecule has 1 aromatic carbocycles. The van der Waals surface area contributed by atoms with Gasteiger partial charge in [0, 0.05) is 44.2 Å². The van der Waals surface area contributed by atoms with Gasteiger partial charge in [0.15, 0.2) is 5.52 Å². The molecule has 0 radical (unpaired) electrons. The lowest BCUT2D eigenvalue weighted by Crippen LogP contribution is -2.50. The number of hydrogen-bond donors (Lipinski definition) is 0. The zero-order valence-electron chi connectivity index (χ0n) is 17.7. The highest BCUT2D eigenvalue weighted by molar-refractivity contribution is 5.77. The number of nitrogens with zero attached hydrogens (tertiary/aromatic N) is 6. The van der Waals surface area contributed by atoms with E-state index in [1.807, 2.05) is 41.4 Å². The number of amides is 1. The Morgan fingerprint density at radius 2 is 1.77 bits per heavy atom. The summed E-state index contributed by atoms with van der Waals surface area (Å²) < 4.78 is 3.19. The van der Waals surface area contributed by atoms with Gasteiger partial charge in [-0.2, -0.15) is 10.2 Å². The maximum Gasteiger partial charge on any atom is 0.296 e. The topological polar surface area (TPSA) is 76.3 Å². The van der Waals surface area contributed by atoms with E-state index < -0.39 is 0 Å². The number of hydrogen-bond acceptors (Lipinski definition) is 5. The Labute approximate surface area is 181 Å². The molecule has 0 unspecified atom stereocenters. The van der Waals surface area contributed by atoms with Crippen LogP contribution >= 0.6 is 0 Å². The Balaban J connectivity index is 1.23. The standard InChI is InChI=1S/C23H28N6O2/c30-21(14-18-6-4-5-7-18)27-12-10-26(11-13-27)17-29-23(31)22-19(15-24-29)16-28(25-22)20-8-2-1-3-9-20/h1-3,8-9,15-16,18H,4-7,10-14,17H2. The zero-order chi connectivity index (χ0) is 21.2. The van der Waals surface area contributed by atoms with Crippen LogP contribution in [0.15, 0.2) is 47.5 Å². The van der Waals surface area contributed by atoms with E-state index in [1.54, 1.807) is 10.9 Å². The van der Waals surface area contributed by atoms with E-state index in [1.165, 1.54) is 30.4 Å². The molecule has 8 nitrogen and oxygen atoms in total. The average Bonchev–Trinajstić information content (AvgIpc) is 3.47. The number of carbonyl (C=O) groups excluding carboxylic acids is 1. The van der Waals surface area contributed by atoms with Crippen molar-refractivity contribution in [2.75, 3.05) is 26.2 Å². The molecule has 2 fully saturated rings. The molecule has 0 spiro atoms. The fourth-order valence-corrected chi connectivity index (χ4v) is 4.69. The molecule has 3 heterocycles. The quantitative estimate of drug-likeness (QED) is 0.633.